The van der Waals surface area contributed by atoms with Crippen LogP contribution in [0.1, 0.15) is 23.2 Å². The molecule has 0 unspecified atom stereocenters. The van der Waals surface area contributed by atoms with Crippen LogP contribution in [0.15, 0.2) is 18.2 Å². The maximum atomic E-state index is 13.2. The van der Waals surface area contributed by atoms with Gasteiger partial charge in [0, 0.05) is 11.6 Å². The molecule has 1 saturated carbocycles. The first-order chi connectivity index (χ1) is 8.47. The third kappa shape index (κ3) is 2.61. The molecule has 1 amide bonds. The van der Waals surface area contributed by atoms with Gasteiger partial charge in [-0.15, -0.1) is 0 Å². The summed E-state index contributed by atoms with van der Waals surface area (Å²) >= 11 is 5.51. The molecular weight excluding hydrogens is 261 g/mol. The predicted molar refractivity (Wildman–Crippen MR) is 63.0 cm³/mol. The van der Waals surface area contributed by atoms with Crippen molar-refractivity contribution in [3.8, 4) is 0 Å². The van der Waals surface area contributed by atoms with E-state index in [-0.39, 0.29) is 16.6 Å². The molecule has 0 aromatic heterocycles. The Bertz CT molecular complexity index is 500. The lowest BCUT2D eigenvalue weighted by atomic mass is 9.80. The highest BCUT2D eigenvalue weighted by atomic mass is 35.5. The quantitative estimate of drug-likeness (QED) is 0.884. The Hall–Kier alpha value is -1.62. The number of rotatable bonds is 3. The van der Waals surface area contributed by atoms with E-state index in [1.807, 2.05) is 0 Å². The number of carbonyl (C=O) groups excluding carboxylic acids is 1. The fraction of sp³-hybridized carbons (Fsp3) is 0.333. The molecular formula is C12H11ClFNO3. The van der Waals surface area contributed by atoms with E-state index >= 15 is 0 Å². The van der Waals surface area contributed by atoms with E-state index in [2.05, 4.69) is 5.32 Å². The fourth-order valence-corrected chi connectivity index (χ4v) is 1.96. The molecule has 96 valence electrons. The molecule has 18 heavy (non-hydrogen) atoms. The van der Waals surface area contributed by atoms with Crippen LogP contribution in [0, 0.1) is 11.7 Å². The molecule has 6 heteroatoms. The number of aliphatic carboxylic acids is 1. The van der Waals surface area contributed by atoms with E-state index < -0.39 is 23.6 Å². The van der Waals surface area contributed by atoms with Crippen LogP contribution in [0.5, 0.6) is 0 Å². The van der Waals surface area contributed by atoms with Crippen LogP contribution in [0.2, 0.25) is 5.02 Å². The first kappa shape index (κ1) is 12.8. The van der Waals surface area contributed by atoms with Crippen molar-refractivity contribution in [2.45, 2.75) is 18.9 Å². The van der Waals surface area contributed by atoms with Gasteiger partial charge in [0.25, 0.3) is 5.91 Å². The summed E-state index contributed by atoms with van der Waals surface area (Å²) in [6, 6.07) is 3.64. The van der Waals surface area contributed by atoms with Gasteiger partial charge >= 0.3 is 5.97 Å². The van der Waals surface area contributed by atoms with Crippen molar-refractivity contribution in [1.82, 2.24) is 5.32 Å². The Balaban J connectivity index is 1.93. The van der Waals surface area contributed by atoms with Gasteiger partial charge in [0.05, 0.1) is 10.9 Å². The molecule has 0 heterocycles. The van der Waals surface area contributed by atoms with Gasteiger partial charge in [0.15, 0.2) is 0 Å². The molecule has 0 radical (unpaired) electrons. The first-order valence-electron chi connectivity index (χ1n) is 5.46. The highest BCUT2D eigenvalue weighted by Crippen LogP contribution is 2.27. The van der Waals surface area contributed by atoms with Crippen molar-refractivity contribution in [3.05, 3.63) is 34.6 Å². The van der Waals surface area contributed by atoms with Crippen LogP contribution >= 0.6 is 11.6 Å². The van der Waals surface area contributed by atoms with Gasteiger partial charge in [-0.1, -0.05) is 11.6 Å². The average Bonchev–Trinajstić information content (AvgIpc) is 2.25. The second kappa shape index (κ2) is 4.94. The zero-order chi connectivity index (χ0) is 13.3. The molecule has 0 atom stereocenters. The van der Waals surface area contributed by atoms with Gasteiger partial charge in [0.1, 0.15) is 5.82 Å². The highest BCUT2D eigenvalue weighted by Gasteiger charge is 2.35. The molecule has 0 aliphatic heterocycles. The maximum absolute atomic E-state index is 13.2. The summed E-state index contributed by atoms with van der Waals surface area (Å²) in [7, 11) is 0. The molecule has 0 spiro atoms. The number of carbonyl (C=O) groups is 2. The molecule has 1 aromatic carbocycles. The zero-order valence-corrected chi connectivity index (χ0v) is 10.1. The van der Waals surface area contributed by atoms with E-state index in [4.69, 9.17) is 16.7 Å². The monoisotopic (exact) mass is 271 g/mol. The second-order valence-corrected chi connectivity index (χ2v) is 4.71. The summed E-state index contributed by atoms with van der Waals surface area (Å²) in [4.78, 5) is 22.3. The minimum Gasteiger partial charge on any atom is -0.481 e. The summed E-state index contributed by atoms with van der Waals surface area (Å²) in [5.41, 5.74) is 0.177. The number of nitrogens with one attached hydrogen (secondary N) is 1. The van der Waals surface area contributed by atoms with E-state index in [9.17, 15) is 14.0 Å². The highest BCUT2D eigenvalue weighted by molar-refractivity contribution is 6.30. The number of carboxylic acid groups (broad SMARTS) is 1. The van der Waals surface area contributed by atoms with Gasteiger partial charge in [0.2, 0.25) is 0 Å². The van der Waals surface area contributed by atoms with Crippen molar-refractivity contribution < 1.29 is 19.1 Å². The molecule has 2 N–H and O–H groups in total. The lowest BCUT2D eigenvalue weighted by Crippen LogP contribution is -2.46. The minimum absolute atomic E-state index is 0.0406. The van der Waals surface area contributed by atoms with E-state index in [1.54, 1.807) is 0 Å². The maximum Gasteiger partial charge on any atom is 0.306 e. The van der Waals surface area contributed by atoms with Gasteiger partial charge in [-0.05, 0) is 31.0 Å². The first-order valence-corrected chi connectivity index (χ1v) is 5.84. The summed E-state index contributed by atoms with van der Waals surface area (Å²) in [5, 5.41) is 11.3. The lowest BCUT2D eigenvalue weighted by Gasteiger charge is -2.32. The van der Waals surface area contributed by atoms with E-state index in [1.165, 1.54) is 12.1 Å². The molecule has 0 bridgehead atoms. The Labute approximate surface area is 108 Å². The van der Waals surface area contributed by atoms with Crippen molar-refractivity contribution in [2.75, 3.05) is 0 Å². The van der Waals surface area contributed by atoms with Crippen molar-refractivity contribution >= 4 is 23.5 Å². The van der Waals surface area contributed by atoms with Crippen LogP contribution in [-0.4, -0.2) is 23.0 Å². The SMILES string of the molecule is O=C(NC1CC(C(=O)O)C1)c1ccc(Cl)c(F)c1. The van der Waals surface area contributed by atoms with E-state index in [0.29, 0.717) is 12.8 Å². The summed E-state index contributed by atoms with van der Waals surface area (Å²) in [5.74, 6) is -2.31. The number of hydrogen-bond donors (Lipinski definition) is 2. The van der Waals surface area contributed by atoms with Crippen LogP contribution in [0.4, 0.5) is 4.39 Å². The van der Waals surface area contributed by atoms with Crippen LogP contribution in [-0.2, 0) is 4.79 Å². The molecule has 1 fully saturated rings. The predicted octanol–water partition coefficient (Wildman–Crippen LogP) is 2.07. The van der Waals surface area contributed by atoms with Gasteiger partial charge < -0.3 is 10.4 Å². The molecule has 0 saturated heterocycles. The third-order valence-electron chi connectivity index (χ3n) is 3.00. The third-order valence-corrected chi connectivity index (χ3v) is 3.31. The Morgan fingerprint density at radius 3 is 2.61 bits per heavy atom. The van der Waals surface area contributed by atoms with Gasteiger partial charge in [-0.2, -0.15) is 0 Å². The van der Waals surface area contributed by atoms with Gasteiger partial charge in [-0.25, -0.2) is 4.39 Å². The lowest BCUT2D eigenvalue weighted by molar-refractivity contribution is -0.145. The topological polar surface area (TPSA) is 66.4 Å². The largest absolute Gasteiger partial charge is 0.481 e. The summed E-state index contributed by atoms with van der Waals surface area (Å²) in [6.07, 6.45) is 0.828. The normalized spacial score (nSPS) is 22.1. The van der Waals surface area contributed by atoms with E-state index in [0.717, 1.165) is 6.07 Å². The van der Waals surface area contributed by atoms with Gasteiger partial charge in [-0.3, -0.25) is 9.59 Å². The molecule has 2 rings (SSSR count). The van der Waals surface area contributed by atoms with Crippen molar-refractivity contribution in [3.63, 3.8) is 0 Å². The second-order valence-electron chi connectivity index (χ2n) is 4.31. The number of benzene rings is 1. The zero-order valence-electron chi connectivity index (χ0n) is 9.32. The number of hydrogen-bond acceptors (Lipinski definition) is 2. The average molecular weight is 272 g/mol. The minimum atomic E-state index is -0.849. The Morgan fingerprint density at radius 2 is 2.06 bits per heavy atom. The van der Waals surface area contributed by atoms with Crippen molar-refractivity contribution in [1.29, 1.82) is 0 Å². The molecule has 1 aliphatic rings. The standard InChI is InChI=1S/C12H11ClFNO3/c13-9-2-1-6(5-10(9)14)11(16)15-8-3-7(4-8)12(17)18/h1-2,5,7-8H,3-4H2,(H,15,16)(H,17,18). The number of carboxylic acids is 1. The molecule has 4 nitrogen and oxygen atoms in total. The number of amides is 1. The smallest absolute Gasteiger partial charge is 0.306 e. The molecule has 1 aliphatic carbocycles. The van der Waals surface area contributed by atoms with Crippen LogP contribution in [0.25, 0.3) is 0 Å². The molecule has 1 aromatic rings. The Morgan fingerprint density at radius 1 is 1.39 bits per heavy atom. The van der Waals surface area contributed by atoms with Crippen LogP contribution in [0.3, 0.4) is 0 Å². The fourth-order valence-electron chi connectivity index (χ4n) is 1.84. The van der Waals surface area contributed by atoms with Crippen LogP contribution < -0.4 is 5.32 Å². The summed E-state index contributed by atoms with van der Waals surface area (Å²) in [6.45, 7) is 0. The number of halogens is 2. The Kier molecular flexibility index (Phi) is 3.52. The van der Waals surface area contributed by atoms with Crippen molar-refractivity contribution in [2.24, 2.45) is 5.92 Å². The summed E-state index contributed by atoms with van der Waals surface area (Å²) < 4.78 is 13.2.